The third-order valence-electron chi connectivity index (χ3n) is 10.4. The monoisotopic (exact) mass is 412 g/mol. The van der Waals surface area contributed by atoms with Crippen LogP contribution in [0.4, 0.5) is 0 Å². The Labute approximate surface area is 182 Å². The van der Waals surface area contributed by atoms with Crippen molar-refractivity contribution < 1.29 is 14.3 Å². The highest BCUT2D eigenvalue weighted by molar-refractivity contribution is 5.91. The molecule has 0 unspecified atom stereocenters. The minimum atomic E-state index is 0.0579. The van der Waals surface area contributed by atoms with Crippen LogP contribution >= 0.6 is 0 Å². The number of esters is 1. The van der Waals surface area contributed by atoms with Crippen LogP contribution in [0, 0.1) is 34.5 Å². The predicted octanol–water partition coefficient (Wildman–Crippen LogP) is 6.40. The molecule has 30 heavy (non-hydrogen) atoms. The van der Waals surface area contributed by atoms with Crippen LogP contribution in [0.2, 0.25) is 0 Å². The Bertz CT molecular complexity index is 732. The van der Waals surface area contributed by atoms with Gasteiger partial charge >= 0.3 is 5.97 Å². The van der Waals surface area contributed by atoms with Crippen LogP contribution in [-0.2, 0) is 14.3 Å². The number of rotatable bonds is 4. The first-order valence-corrected chi connectivity index (χ1v) is 12.8. The summed E-state index contributed by atoms with van der Waals surface area (Å²) in [6.07, 6.45) is 17.8. The van der Waals surface area contributed by atoms with Crippen molar-refractivity contribution in [3.8, 4) is 0 Å². The fourth-order valence-corrected chi connectivity index (χ4v) is 8.54. The normalized spacial score (nSPS) is 43.5. The van der Waals surface area contributed by atoms with E-state index in [1.54, 1.807) is 0 Å². The molecule has 0 aromatic carbocycles. The smallest absolute Gasteiger partial charge is 0.306 e. The molecule has 4 fully saturated rings. The maximum Gasteiger partial charge on any atom is 0.306 e. The van der Waals surface area contributed by atoms with Gasteiger partial charge in [0.05, 0.1) is 0 Å². The summed E-state index contributed by atoms with van der Waals surface area (Å²) in [6.45, 7) is 4.87. The Kier molecular flexibility index (Phi) is 5.39. The topological polar surface area (TPSA) is 43.4 Å². The van der Waals surface area contributed by atoms with Gasteiger partial charge in [-0.1, -0.05) is 45.1 Å². The van der Waals surface area contributed by atoms with E-state index in [4.69, 9.17) is 4.74 Å². The largest absolute Gasteiger partial charge is 0.462 e. The minimum absolute atomic E-state index is 0.0579. The molecule has 0 aromatic rings. The third kappa shape index (κ3) is 3.39. The number of ketones is 1. The van der Waals surface area contributed by atoms with Gasteiger partial charge in [-0.2, -0.15) is 0 Å². The standard InChI is InChI=1S/C27H40O3/c1-26-15-13-20(28)17-19(26)8-9-21-22-10-11-24(27(22,2)16-14-23(21)26)30-25(29)12-7-18-5-3-4-6-18/h17-18,21-24H,3-16H2,1-2H3/t21-,22-,23-,24+,26-,27-/m0/s1. The van der Waals surface area contributed by atoms with Crippen LogP contribution in [0.3, 0.4) is 0 Å². The van der Waals surface area contributed by atoms with Gasteiger partial charge in [0.1, 0.15) is 6.10 Å². The number of carbonyl (C=O) groups is 2. The second kappa shape index (κ2) is 7.78. The lowest BCUT2D eigenvalue weighted by molar-refractivity contribution is -0.160. The summed E-state index contributed by atoms with van der Waals surface area (Å²) >= 11 is 0. The van der Waals surface area contributed by atoms with Crippen LogP contribution < -0.4 is 0 Å². The molecule has 0 aliphatic heterocycles. The van der Waals surface area contributed by atoms with E-state index in [0.717, 1.165) is 43.9 Å². The summed E-state index contributed by atoms with van der Waals surface area (Å²) in [5.41, 5.74) is 1.83. The maximum atomic E-state index is 12.7. The summed E-state index contributed by atoms with van der Waals surface area (Å²) in [5, 5.41) is 0. The molecule has 166 valence electrons. The Morgan fingerprint density at radius 1 is 1.00 bits per heavy atom. The second-order valence-corrected chi connectivity index (χ2v) is 11.8. The molecule has 0 heterocycles. The molecule has 5 rings (SSSR count). The molecule has 0 saturated heterocycles. The number of hydrogen-bond donors (Lipinski definition) is 0. The van der Waals surface area contributed by atoms with Gasteiger partial charge < -0.3 is 4.74 Å². The van der Waals surface area contributed by atoms with Crippen LogP contribution in [0.15, 0.2) is 11.6 Å². The molecular formula is C27H40O3. The summed E-state index contributed by atoms with van der Waals surface area (Å²) in [6, 6.07) is 0. The van der Waals surface area contributed by atoms with Gasteiger partial charge in [0, 0.05) is 18.3 Å². The fraction of sp³-hybridized carbons (Fsp3) is 0.852. The molecule has 3 nitrogen and oxygen atoms in total. The number of fused-ring (bicyclic) bond motifs is 5. The van der Waals surface area contributed by atoms with Crippen LogP contribution in [0.5, 0.6) is 0 Å². The van der Waals surface area contributed by atoms with Crippen LogP contribution in [0.1, 0.15) is 104 Å². The van der Waals surface area contributed by atoms with Gasteiger partial charge in [0.25, 0.3) is 0 Å². The van der Waals surface area contributed by atoms with Gasteiger partial charge in [-0.15, -0.1) is 0 Å². The quantitative estimate of drug-likeness (QED) is 0.502. The lowest BCUT2D eigenvalue weighted by Gasteiger charge is -2.57. The number of allylic oxidation sites excluding steroid dienone is 1. The van der Waals surface area contributed by atoms with E-state index in [1.807, 2.05) is 6.08 Å². The van der Waals surface area contributed by atoms with Crippen molar-refractivity contribution in [3.63, 3.8) is 0 Å². The van der Waals surface area contributed by atoms with E-state index in [-0.39, 0.29) is 22.9 Å². The molecule has 5 aliphatic carbocycles. The maximum absolute atomic E-state index is 12.7. The highest BCUT2D eigenvalue weighted by Gasteiger charge is 2.59. The Hall–Kier alpha value is -1.12. The molecule has 0 N–H and O–H groups in total. The number of ether oxygens (including phenoxy) is 1. The average molecular weight is 413 g/mol. The lowest BCUT2D eigenvalue weighted by atomic mass is 9.47. The number of hydrogen-bond acceptors (Lipinski definition) is 3. The SMILES string of the molecule is C[C@]12CC[C@H]3[C@@H](CCC4=CC(=O)CC[C@@]43C)[C@@H]1CC[C@H]2OC(=O)CCC1CCCC1. The Balaban J connectivity index is 1.25. The van der Waals surface area contributed by atoms with Gasteiger partial charge in [-0.05, 0) is 86.5 Å². The Morgan fingerprint density at radius 3 is 2.60 bits per heavy atom. The molecule has 6 atom stereocenters. The average Bonchev–Trinajstić information content (AvgIpc) is 3.35. The second-order valence-electron chi connectivity index (χ2n) is 11.8. The first kappa shape index (κ1) is 20.8. The van der Waals surface area contributed by atoms with Crippen LogP contribution in [-0.4, -0.2) is 17.9 Å². The lowest BCUT2D eigenvalue weighted by Crippen LogP contribution is -2.51. The van der Waals surface area contributed by atoms with Gasteiger partial charge in [0.15, 0.2) is 5.78 Å². The van der Waals surface area contributed by atoms with Gasteiger partial charge in [0.2, 0.25) is 0 Å². The molecule has 0 bridgehead atoms. The van der Waals surface area contributed by atoms with E-state index in [9.17, 15) is 9.59 Å². The molecule has 0 amide bonds. The van der Waals surface area contributed by atoms with Crippen molar-refractivity contribution in [2.75, 3.05) is 0 Å². The van der Waals surface area contributed by atoms with E-state index in [1.165, 1.54) is 56.9 Å². The molecular weight excluding hydrogens is 372 g/mol. The van der Waals surface area contributed by atoms with Gasteiger partial charge in [-0.3, -0.25) is 9.59 Å². The molecule has 3 heteroatoms. The molecule has 0 radical (unpaired) electrons. The van der Waals surface area contributed by atoms with E-state index in [0.29, 0.717) is 24.0 Å². The first-order chi connectivity index (χ1) is 14.4. The summed E-state index contributed by atoms with van der Waals surface area (Å²) in [7, 11) is 0. The van der Waals surface area contributed by atoms with Crippen molar-refractivity contribution in [3.05, 3.63) is 11.6 Å². The van der Waals surface area contributed by atoms with Gasteiger partial charge in [-0.25, -0.2) is 0 Å². The molecule has 5 aliphatic rings. The van der Waals surface area contributed by atoms with E-state index in [2.05, 4.69) is 13.8 Å². The van der Waals surface area contributed by atoms with Crippen molar-refractivity contribution in [2.45, 2.75) is 110 Å². The zero-order chi connectivity index (χ0) is 20.9. The summed E-state index contributed by atoms with van der Waals surface area (Å²) in [5.74, 6) is 3.28. The zero-order valence-corrected chi connectivity index (χ0v) is 19.1. The number of carbonyl (C=O) groups excluding carboxylic acids is 2. The molecule has 0 spiro atoms. The minimum Gasteiger partial charge on any atom is -0.462 e. The highest BCUT2D eigenvalue weighted by Crippen LogP contribution is 2.65. The predicted molar refractivity (Wildman–Crippen MR) is 118 cm³/mol. The summed E-state index contributed by atoms with van der Waals surface area (Å²) < 4.78 is 6.17. The third-order valence-corrected chi connectivity index (χ3v) is 10.4. The first-order valence-electron chi connectivity index (χ1n) is 12.8. The van der Waals surface area contributed by atoms with E-state index >= 15 is 0 Å². The molecule has 4 saturated carbocycles. The zero-order valence-electron chi connectivity index (χ0n) is 19.1. The van der Waals surface area contributed by atoms with Crippen molar-refractivity contribution in [1.29, 1.82) is 0 Å². The van der Waals surface area contributed by atoms with Crippen molar-refractivity contribution >= 4 is 11.8 Å². The molecule has 0 aromatic heterocycles. The van der Waals surface area contributed by atoms with Crippen molar-refractivity contribution in [2.24, 2.45) is 34.5 Å². The van der Waals surface area contributed by atoms with E-state index < -0.39 is 0 Å². The highest BCUT2D eigenvalue weighted by atomic mass is 16.5. The van der Waals surface area contributed by atoms with Crippen molar-refractivity contribution in [1.82, 2.24) is 0 Å². The fourth-order valence-electron chi connectivity index (χ4n) is 8.54. The van der Waals surface area contributed by atoms with Crippen LogP contribution in [0.25, 0.3) is 0 Å². The Morgan fingerprint density at radius 2 is 1.80 bits per heavy atom. The summed E-state index contributed by atoms with van der Waals surface area (Å²) in [4.78, 5) is 24.7.